The number of carbonyl (C=O) groups excluding carboxylic acids is 5. The number of methoxy groups -OCH3 is 1. The molecule has 1 aromatic carbocycles. The van der Waals surface area contributed by atoms with Crippen LogP contribution in [0.1, 0.15) is 84.1 Å². The number of benzene rings is 1. The van der Waals surface area contributed by atoms with Gasteiger partial charge in [0.1, 0.15) is 18.1 Å². The summed E-state index contributed by atoms with van der Waals surface area (Å²) in [5.74, 6) is -2.52. The first kappa shape index (κ1) is 46.1. The van der Waals surface area contributed by atoms with Gasteiger partial charge in [0.15, 0.2) is 0 Å². The third-order valence-corrected chi connectivity index (χ3v) is 12.7. The third-order valence-electron chi connectivity index (χ3n) is 12.7. The molecule has 6 heterocycles. The largest absolute Gasteiger partial charge is 0.464 e. The van der Waals surface area contributed by atoms with Crippen molar-refractivity contribution in [1.82, 2.24) is 45.2 Å². The lowest BCUT2D eigenvalue weighted by atomic mass is 9.84. The Balaban J connectivity index is 1.27. The molecule has 7 rings (SSSR count). The molecule has 2 saturated heterocycles. The smallest absolute Gasteiger partial charge is 0.324 e. The quantitative estimate of drug-likeness (QED) is 0.166. The van der Waals surface area contributed by atoms with Crippen molar-refractivity contribution in [3.05, 3.63) is 66.3 Å². The standard InChI is InChI=1S/C47H61N9O8/c1-10-38(57)54-21-18-30(25-54)44(59)53(8)40(27(3)4)43(58)49-35-23-37-50-42(52-64-37)29-16-17-36-32(22-29)33(41(55(36)11-2)31-14-12-19-48-39(31)28(5)62-9)24-47(6,7)26-63-46(61)34-15-13-20-56(51-34)45(35)60/h10,12,14,16-17,19,22,27-28,30,34-35,40,51H,1,11,13,15,18,20-21,23-26H2,2-9H3,(H,49,58)/t28-,30-,34-,35-,40?/m0/s1. The Labute approximate surface area is 373 Å². The molecule has 3 aliphatic rings. The number of amides is 4. The van der Waals surface area contributed by atoms with Crippen LogP contribution >= 0.6 is 0 Å². The molecule has 4 amide bonds. The first-order valence-electron chi connectivity index (χ1n) is 22.2. The summed E-state index contributed by atoms with van der Waals surface area (Å²) in [6.45, 7) is 17.1. The molecule has 3 aromatic heterocycles. The van der Waals surface area contributed by atoms with Gasteiger partial charge in [-0.2, -0.15) is 4.98 Å². The Morgan fingerprint density at radius 1 is 1.14 bits per heavy atom. The fourth-order valence-corrected chi connectivity index (χ4v) is 9.36. The SMILES string of the molecule is C=CC(=O)N1CC[C@H](C(=O)N(C)C(C(=O)N[C@H]2Cc3nc(no3)-c3ccc4c(c3)c(c(-c3cccnc3[C@H](C)OC)n4CC)CC(C)(C)COC(=O)[C@@H]3CCCN(N3)C2=O)C(C)C)C1. The molecule has 1 unspecified atom stereocenters. The molecule has 2 N–H and O–H groups in total. The van der Waals surface area contributed by atoms with E-state index in [-0.39, 0.29) is 55.8 Å². The van der Waals surface area contributed by atoms with Crippen LogP contribution in [0.2, 0.25) is 0 Å². The molecule has 2 fully saturated rings. The number of cyclic esters (lactones) is 1. The normalized spacial score (nSPS) is 21.3. The average Bonchev–Trinajstić information content (AvgIpc) is 4.05. The van der Waals surface area contributed by atoms with Crippen LogP contribution in [-0.4, -0.2) is 123 Å². The predicted molar refractivity (Wildman–Crippen MR) is 238 cm³/mol. The van der Waals surface area contributed by atoms with Crippen molar-refractivity contribution in [2.75, 3.05) is 40.4 Å². The minimum absolute atomic E-state index is 0.101. The number of hydrogen-bond acceptors (Lipinski definition) is 12. The number of rotatable bonds is 10. The summed E-state index contributed by atoms with van der Waals surface area (Å²) in [6, 6.07) is 6.99. The molecule has 0 aliphatic carbocycles. The molecule has 5 atom stereocenters. The van der Waals surface area contributed by atoms with E-state index in [1.54, 1.807) is 25.3 Å². The van der Waals surface area contributed by atoms with Crippen LogP contribution in [0.15, 0.2) is 53.7 Å². The number of hydrazine groups is 1. The molecular formula is C47H61N9O8. The maximum atomic E-state index is 14.5. The number of esters is 1. The second-order valence-corrected chi connectivity index (χ2v) is 18.3. The molecule has 6 bridgehead atoms. The van der Waals surface area contributed by atoms with Crippen molar-refractivity contribution >= 4 is 40.5 Å². The van der Waals surface area contributed by atoms with Gasteiger partial charge in [-0.1, -0.05) is 39.4 Å². The van der Waals surface area contributed by atoms with Crippen molar-refractivity contribution in [2.45, 2.75) is 104 Å². The van der Waals surface area contributed by atoms with Gasteiger partial charge in [0.25, 0.3) is 5.91 Å². The first-order chi connectivity index (χ1) is 30.5. The summed E-state index contributed by atoms with van der Waals surface area (Å²) in [7, 11) is 3.23. The number of carbonyl (C=O) groups is 5. The zero-order chi connectivity index (χ0) is 46.0. The number of aryl methyl sites for hydroxylation is 1. The molecule has 17 nitrogen and oxygen atoms in total. The Hall–Kier alpha value is -5.94. The van der Waals surface area contributed by atoms with Crippen molar-refractivity contribution in [3.8, 4) is 22.6 Å². The number of hydrogen-bond donors (Lipinski definition) is 2. The van der Waals surface area contributed by atoms with Crippen molar-refractivity contribution in [2.24, 2.45) is 17.3 Å². The van der Waals surface area contributed by atoms with Gasteiger partial charge >= 0.3 is 5.97 Å². The van der Waals surface area contributed by atoms with Gasteiger partial charge in [-0.25, -0.2) is 5.43 Å². The fourth-order valence-electron chi connectivity index (χ4n) is 9.36. The van der Waals surface area contributed by atoms with Gasteiger partial charge in [0, 0.05) is 74.0 Å². The molecule has 4 aromatic rings. The minimum atomic E-state index is -1.23. The summed E-state index contributed by atoms with van der Waals surface area (Å²) >= 11 is 0. The van der Waals surface area contributed by atoms with Crippen molar-refractivity contribution in [3.63, 3.8) is 0 Å². The van der Waals surface area contributed by atoms with Gasteiger partial charge in [-0.05, 0) is 87.4 Å². The van der Waals surface area contributed by atoms with Crippen LogP contribution in [0.3, 0.4) is 0 Å². The second-order valence-electron chi connectivity index (χ2n) is 18.3. The molecular weight excluding hydrogens is 819 g/mol. The van der Waals surface area contributed by atoms with E-state index in [9.17, 15) is 24.0 Å². The second kappa shape index (κ2) is 19.0. The zero-order valence-electron chi connectivity index (χ0n) is 38.2. The minimum Gasteiger partial charge on any atom is -0.464 e. The maximum Gasteiger partial charge on any atom is 0.324 e. The van der Waals surface area contributed by atoms with E-state index in [4.69, 9.17) is 24.0 Å². The van der Waals surface area contributed by atoms with Crippen molar-refractivity contribution in [1.29, 1.82) is 0 Å². The molecule has 3 aliphatic heterocycles. The Bertz CT molecular complexity index is 2420. The highest BCUT2D eigenvalue weighted by Gasteiger charge is 2.40. The topological polar surface area (TPSA) is 194 Å². The van der Waals surface area contributed by atoms with Gasteiger partial charge in [-0.3, -0.25) is 34.0 Å². The first-order valence-corrected chi connectivity index (χ1v) is 22.2. The Morgan fingerprint density at radius 2 is 1.92 bits per heavy atom. The zero-order valence-corrected chi connectivity index (χ0v) is 38.2. The summed E-state index contributed by atoms with van der Waals surface area (Å²) in [6.07, 6.45) is 4.46. The number of fused-ring (bicyclic) bond motifs is 6. The number of nitrogens with one attached hydrogen (secondary N) is 2. The maximum absolute atomic E-state index is 14.5. The lowest BCUT2D eigenvalue weighted by Gasteiger charge is -2.36. The lowest BCUT2D eigenvalue weighted by Crippen LogP contribution is -2.62. The molecule has 0 radical (unpaired) electrons. The van der Waals surface area contributed by atoms with Gasteiger partial charge in [-0.15, -0.1) is 0 Å². The van der Waals surface area contributed by atoms with Gasteiger partial charge in [0.2, 0.25) is 29.4 Å². The van der Waals surface area contributed by atoms with Crippen LogP contribution in [0.5, 0.6) is 0 Å². The highest BCUT2D eigenvalue weighted by molar-refractivity contribution is 5.96. The summed E-state index contributed by atoms with van der Waals surface area (Å²) in [5, 5.41) is 9.59. The lowest BCUT2D eigenvalue weighted by molar-refractivity contribution is -0.155. The molecule has 0 saturated carbocycles. The van der Waals surface area contributed by atoms with Crippen LogP contribution in [0.4, 0.5) is 0 Å². The number of ether oxygens (including phenoxy) is 2. The fraction of sp³-hybridized carbons (Fsp3) is 0.532. The van der Waals surface area contributed by atoms with Crippen molar-refractivity contribution < 1.29 is 38.0 Å². The molecule has 64 heavy (non-hydrogen) atoms. The summed E-state index contributed by atoms with van der Waals surface area (Å²) in [4.78, 5) is 81.3. The number of nitrogens with zero attached hydrogens (tertiary/aromatic N) is 7. The number of likely N-dealkylation sites (tertiary alicyclic amines) is 1. The van der Waals surface area contributed by atoms with Gasteiger partial charge < -0.3 is 33.7 Å². The van der Waals surface area contributed by atoms with E-state index in [1.165, 1.54) is 16.0 Å². The number of aromatic nitrogens is 4. The average molecular weight is 880 g/mol. The molecule has 342 valence electrons. The molecule has 0 spiro atoms. The van der Waals surface area contributed by atoms with E-state index >= 15 is 0 Å². The predicted octanol–water partition coefficient (Wildman–Crippen LogP) is 4.65. The number of pyridine rings is 1. The van der Waals surface area contributed by atoms with E-state index in [2.05, 4.69) is 53.9 Å². The molecule has 17 heteroatoms. The van der Waals surface area contributed by atoms with Gasteiger partial charge in [0.05, 0.1) is 36.4 Å². The Kier molecular flexibility index (Phi) is 13.7. The van der Waals surface area contributed by atoms with E-state index < -0.39 is 47.2 Å². The summed E-state index contributed by atoms with van der Waals surface area (Å²) in [5.41, 5.74) is 7.97. The van der Waals surface area contributed by atoms with Crippen LogP contribution in [0, 0.1) is 17.3 Å². The third kappa shape index (κ3) is 9.32. The van der Waals surface area contributed by atoms with E-state index in [0.717, 1.165) is 33.4 Å². The van der Waals surface area contributed by atoms with Crippen LogP contribution in [0.25, 0.3) is 33.5 Å². The summed E-state index contributed by atoms with van der Waals surface area (Å²) < 4.78 is 19.9. The monoisotopic (exact) mass is 879 g/mol. The van der Waals surface area contributed by atoms with E-state index in [0.29, 0.717) is 50.2 Å². The van der Waals surface area contributed by atoms with Crippen LogP contribution < -0.4 is 10.7 Å². The van der Waals surface area contributed by atoms with Crippen LogP contribution in [-0.2, 0) is 52.8 Å². The Morgan fingerprint density at radius 3 is 2.64 bits per heavy atom. The number of likely N-dealkylation sites (N-methyl/N-ethyl adjacent to an activating group) is 1. The highest BCUT2D eigenvalue weighted by Crippen LogP contribution is 2.41. The van der Waals surface area contributed by atoms with E-state index in [1.807, 2.05) is 45.0 Å². The highest BCUT2D eigenvalue weighted by atomic mass is 16.5.